The van der Waals surface area contributed by atoms with Crippen molar-refractivity contribution in [2.75, 3.05) is 16.3 Å². The van der Waals surface area contributed by atoms with Gasteiger partial charge in [0.1, 0.15) is 0 Å². The molecule has 1 aliphatic heterocycles. The van der Waals surface area contributed by atoms with Crippen LogP contribution in [0.25, 0.3) is 5.57 Å². The van der Waals surface area contributed by atoms with Crippen LogP contribution < -0.4 is 15.1 Å². The number of allylic oxidation sites excluding steroid dienone is 1. The third kappa shape index (κ3) is 4.93. The number of rotatable bonds is 6. The molecule has 1 unspecified atom stereocenters. The zero-order valence-corrected chi connectivity index (χ0v) is 18.1. The molecule has 1 aromatic carbocycles. The van der Waals surface area contributed by atoms with Crippen LogP contribution in [0.5, 0.6) is 0 Å². The van der Waals surface area contributed by atoms with Gasteiger partial charge in [-0.15, -0.1) is 0 Å². The number of nitrogens with one attached hydrogen (secondary N) is 2. The third-order valence-corrected chi connectivity index (χ3v) is 4.82. The second-order valence-electron chi connectivity index (χ2n) is 7.59. The normalized spacial score (nSPS) is 16.2. The van der Waals surface area contributed by atoms with Crippen molar-refractivity contribution in [2.45, 2.75) is 46.4 Å². The van der Waals surface area contributed by atoms with Crippen molar-refractivity contribution < 1.29 is 18.8 Å². The molecule has 164 valence electrons. The standard InChI is InChI=1S/C22H27N5O4/c1-14(2)30-22(29)26-13-15(3)27(16(4)28)20-6-5-17(9-21(20)26)18(10-23)11-24-12-19-7-8-25-31-19/h5-11,14-15,23-24H,12-13H2,1-4H3/b18-11+,23-10?. The molecule has 2 heterocycles. The van der Waals surface area contributed by atoms with E-state index in [1.54, 1.807) is 54.2 Å². The maximum Gasteiger partial charge on any atom is 0.414 e. The van der Waals surface area contributed by atoms with Crippen LogP contribution in [0.2, 0.25) is 0 Å². The summed E-state index contributed by atoms with van der Waals surface area (Å²) < 4.78 is 10.5. The molecule has 0 saturated carbocycles. The van der Waals surface area contributed by atoms with Crippen LogP contribution in [-0.4, -0.2) is 42.1 Å². The monoisotopic (exact) mass is 425 g/mol. The number of hydrogen-bond donors (Lipinski definition) is 2. The van der Waals surface area contributed by atoms with E-state index in [1.807, 2.05) is 13.0 Å². The van der Waals surface area contributed by atoms with Gasteiger partial charge in [0.2, 0.25) is 5.91 Å². The Bertz CT molecular complexity index is 984. The zero-order chi connectivity index (χ0) is 22.5. The first-order valence-electron chi connectivity index (χ1n) is 10.1. The Morgan fingerprint density at radius 1 is 1.35 bits per heavy atom. The first-order chi connectivity index (χ1) is 14.8. The highest BCUT2D eigenvalue weighted by atomic mass is 16.6. The Morgan fingerprint density at radius 3 is 2.74 bits per heavy atom. The fraction of sp³-hybridized carbons (Fsp3) is 0.364. The molecule has 1 aromatic heterocycles. The summed E-state index contributed by atoms with van der Waals surface area (Å²) in [6.07, 6.45) is 3.75. The molecule has 1 atom stereocenters. The van der Waals surface area contributed by atoms with Crippen molar-refractivity contribution in [1.29, 1.82) is 5.41 Å². The molecule has 9 heteroatoms. The average Bonchev–Trinajstić information content (AvgIpc) is 3.23. The van der Waals surface area contributed by atoms with Gasteiger partial charge in [-0.05, 0) is 38.5 Å². The van der Waals surface area contributed by atoms with Gasteiger partial charge in [-0.3, -0.25) is 9.69 Å². The fourth-order valence-electron chi connectivity index (χ4n) is 3.53. The van der Waals surface area contributed by atoms with Crippen LogP contribution >= 0.6 is 0 Å². The minimum Gasteiger partial charge on any atom is -0.446 e. The van der Waals surface area contributed by atoms with Gasteiger partial charge in [0.25, 0.3) is 0 Å². The van der Waals surface area contributed by atoms with Crippen molar-refractivity contribution >= 4 is 35.2 Å². The molecule has 2 aromatic rings. The summed E-state index contributed by atoms with van der Waals surface area (Å²) in [7, 11) is 0. The maximum atomic E-state index is 12.8. The molecule has 1 aliphatic rings. The third-order valence-electron chi connectivity index (χ3n) is 4.82. The minimum absolute atomic E-state index is 0.102. The van der Waals surface area contributed by atoms with Gasteiger partial charge in [0.05, 0.1) is 36.3 Å². The van der Waals surface area contributed by atoms with Gasteiger partial charge in [0, 0.05) is 37.5 Å². The number of fused-ring (bicyclic) bond motifs is 1. The Kier molecular flexibility index (Phi) is 6.74. The zero-order valence-electron chi connectivity index (χ0n) is 18.1. The fourth-order valence-corrected chi connectivity index (χ4v) is 3.53. The number of carbonyl (C=O) groups excluding carboxylic acids is 2. The summed E-state index contributed by atoms with van der Waals surface area (Å²) in [5, 5.41) is 14.6. The van der Waals surface area contributed by atoms with Gasteiger partial charge in [-0.2, -0.15) is 0 Å². The van der Waals surface area contributed by atoms with E-state index in [9.17, 15) is 9.59 Å². The highest BCUT2D eigenvalue weighted by molar-refractivity contribution is 6.10. The van der Waals surface area contributed by atoms with Crippen LogP contribution in [0.1, 0.15) is 39.0 Å². The van der Waals surface area contributed by atoms with Crippen LogP contribution in [-0.2, 0) is 16.1 Å². The summed E-state index contributed by atoms with van der Waals surface area (Å²) in [5.74, 6) is 0.564. The second kappa shape index (κ2) is 9.46. The highest BCUT2D eigenvalue weighted by Crippen LogP contribution is 2.38. The highest BCUT2D eigenvalue weighted by Gasteiger charge is 2.34. The lowest BCUT2D eigenvalue weighted by molar-refractivity contribution is -0.117. The number of nitrogens with zero attached hydrogens (tertiary/aromatic N) is 3. The van der Waals surface area contributed by atoms with E-state index in [0.717, 1.165) is 5.56 Å². The number of carbonyl (C=O) groups is 2. The number of amides is 2. The summed E-state index contributed by atoms with van der Waals surface area (Å²) in [6, 6.07) is 6.97. The van der Waals surface area contributed by atoms with E-state index >= 15 is 0 Å². The van der Waals surface area contributed by atoms with Crippen LogP contribution in [0.15, 0.2) is 41.2 Å². The first kappa shape index (κ1) is 22.1. The van der Waals surface area contributed by atoms with Crippen LogP contribution in [0.4, 0.5) is 16.2 Å². The maximum absolute atomic E-state index is 12.8. The minimum atomic E-state index is -0.465. The summed E-state index contributed by atoms with van der Waals surface area (Å²) >= 11 is 0. The van der Waals surface area contributed by atoms with Crippen molar-refractivity contribution in [3.63, 3.8) is 0 Å². The van der Waals surface area contributed by atoms with Gasteiger partial charge in [-0.25, -0.2) is 4.79 Å². The van der Waals surface area contributed by atoms with E-state index in [-0.39, 0.29) is 18.1 Å². The second-order valence-corrected chi connectivity index (χ2v) is 7.59. The summed E-state index contributed by atoms with van der Waals surface area (Å²) in [5.41, 5.74) is 2.53. The molecule has 2 amide bonds. The van der Waals surface area contributed by atoms with E-state index in [4.69, 9.17) is 14.7 Å². The van der Waals surface area contributed by atoms with Gasteiger partial charge in [-0.1, -0.05) is 11.2 Å². The first-order valence-corrected chi connectivity index (χ1v) is 10.1. The predicted molar refractivity (Wildman–Crippen MR) is 118 cm³/mol. The van der Waals surface area contributed by atoms with E-state index in [2.05, 4.69) is 10.5 Å². The lowest BCUT2D eigenvalue weighted by Gasteiger charge is -2.40. The SMILES string of the molecule is CC(=O)N1c2ccc(/C(C=N)=C/NCc3ccno3)cc2N(C(=O)OC(C)C)CC1C. The van der Waals surface area contributed by atoms with Crippen molar-refractivity contribution in [3.8, 4) is 0 Å². The smallest absolute Gasteiger partial charge is 0.414 e. The number of aromatic nitrogens is 1. The quantitative estimate of drug-likeness (QED) is 0.685. The average molecular weight is 425 g/mol. The molecule has 0 bridgehead atoms. The topological polar surface area (TPSA) is 112 Å². The Morgan fingerprint density at radius 2 is 2.13 bits per heavy atom. The molecule has 9 nitrogen and oxygen atoms in total. The van der Waals surface area contributed by atoms with E-state index in [0.29, 0.717) is 35.8 Å². The van der Waals surface area contributed by atoms with E-state index < -0.39 is 6.09 Å². The van der Waals surface area contributed by atoms with Crippen molar-refractivity contribution in [2.24, 2.45) is 0 Å². The van der Waals surface area contributed by atoms with Crippen molar-refractivity contribution in [1.82, 2.24) is 10.5 Å². The number of anilines is 2. The molecule has 0 radical (unpaired) electrons. The Labute approximate surface area is 181 Å². The van der Waals surface area contributed by atoms with Gasteiger partial charge < -0.3 is 24.9 Å². The molecular weight excluding hydrogens is 398 g/mol. The molecule has 3 rings (SSSR count). The largest absolute Gasteiger partial charge is 0.446 e. The van der Waals surface area contributed by atoms with Gasteiger partial charge in [0.15, 0.2) is 5.76 Å². The van der Waals surface area contributed by atoms with Crippen molar-refractivity contribution in [3.05, 3.63) is 48.0 Å². The van der Waals surface area contributed by atoms with E-state index in [1.165, 1.54) is 13.1 Å². The molecule has 0 aliphatic carbocycles. The van der Waals surface area contributed by atoms with Crippen LogP contribution in [0, 0.1) is 5.41 Å². The summed E-state index contributed by atoms with van der Waals surface area (Å²) in [6.45, 7) is 7.72. The molecule has 31 heavy (non-hydrogen) atoms. The summed E-state index contributed by atoms with van der Waals surface area (Å²) in [4.78, 5) is 28.3. The predicted octanol–water partition coefficient (Wildman–Crippen LogP) is 3.56. The molecular formula is C22H27N5O4. The lowest BCUT2D eigenvalue weighted by atomic mass is 10.0. The van der Waals surface area contributed by atoms with Crippen LogP contribution in [0.3, 0.4) is 0 Å². The Balaban J connectivity index is 1.96. The van der Waals surface area contributed by atoms with Gasteiger partial charge >= 0.3 is 6.09 Å². The Hall–Kier alpha value is -3.62. The molecule has 0 spiro atoms. The molecule has 0 saturated heterocycles. The number of hydrogen-bond acceptors (Lipinski definition) is 7. The number of benzene rings is 1. The molecule has 0 fully saturated rings. The molecule has 2 N–H and O–H groups in total. The lowest BCUT2D eigenvalue weighted by Crippen LogP contribution is -2.51. The number of ether oxygens (including phenoxy) is 1.